The van der Waals surface area contributed by atoms with Gasteiger partial charge in [-0.3, -0.25) is 0 Å². The van der Waals surface area contributed by atoms with Gasteiger partial charge in [-0.25, -0.2) is 9.97 Å². The van der Waals surface area contributed by atoms with E-state index in [0.717, 1.165) is 5.52 Å². The lowest BCUT2D eigenvalue weighted by atomic mass is 10.1. The fraction of sp³-hybridized carbons (Fsp3) is 0.0769. The van der Waals surface area contributed by atoms with Crippen LogP contribution in [0.15, 0.2) is 36.7 Å². The zero-order valence-corrected chi connectivity index (χ0v) is 10.6. The maximum Gasteiger partial charge on any atom is 0.419 e. The minimum atomic E-state index is -4.54. The van der Waals surface area contributed by atoms with Gasteiger partial charge in [-0.1, -0.05) is 18.2 Å². The first-order valence-corrected chi connectivity index (χ1v) is 6.01. The number of nitrogens with zero attached hydrogens (tertiary/aromatic N) is 2. The van der Waals surface area contributed by atoms with Crippen molar-refractivity contribution in [1.82, 2.24) is 15.0 Å². The Morgan fingerprint density at radius 2 is 1.90 bits per heavy atom. The van der Waals surface area contributed by atoms with E-state index in [4.69, 9.17) is 11.6 Å². The monoisotopic (exact) mass is 297 g/mol. The Balaban J connectivity index is 2.31. The lowest BCUT2D eigenvalue weighted by Gasteiger charge is -2.10. The van der Waals surface area contributed by atoms with Crippen molar-refractivity contribution in [3.05, 3.63) is 47.5 Å². The number of aromatic amines is 1. The summed E-state index contributed by atoms with van der Waals surface area (Å²) in [6, 6.07) is 7.03. The second kappa shape index (κ2) is 4.49. The molecule has 0 saturated heterocycles. The average Bonchev–Trinajstić information content (AvgIpc) is 2.80. The molecule has 2 heterocycles. The van der Waals surface area contributed by atoms with Crippen LogP contribution in [0.2, 0.25) is 5.28 Å². The molecule has 7 heteroatoms. The smallest absolute Gasteiger partial charge is 0.360 e. The molecule has 0 spiro atoms. The summed E-state index contributed by atoms with van der Waals surface area (Å²) in [6.07, 6.45) is -2.36. The lowest BCUT2D eigenvalue weighted by Crippen LogP contribution is -2.09. The van der Waals surface area contributed by atoms with Gasteiger partial charge in [0.1, 0.15) is 5.56 Å². The molecule has 0 unspecified atom stereocenters. The van der Waals surface area contributed by atoms with Crippen molar-refractivity contribution in [2.24, 2.45) is 0 Å². The van der Waals surface area contributed by atoms with E-state index in [-0.39, 0.29) is 11.0 Å². The van der Waals surface area contributed by atoms with Crippen LogP contribution in [0.1, 0.15) is 5.56 Å². The molecule has 0 aliphatic rings. The number of fused-ring (bicyclic) bond motifs is 1. The average molecular weight is 298 g/mol. The number of aromatic nitrogens is 3. The molecule has 1 N–H and O–H groups in total. The predicted molar refractivity (Wildman–Crippen MR) is 69.3 cm³/mol. The van der Waals surface area contributed by atoms with Crippen molar-refractivity contribution >= 4 is 22.5 Å². The van der Waals surface area contributed by atoms with Gasteiger partial charge in [-0.05, 0) is 17.7 Å². The Bertz CT molecular complexity index is 780. The Labute approximate surface area is 116 Å². The molecule has 0 amide bonds. The van der Waals surface area contributed by atoms with Crippen molar-refractivity contribution in [2.45, 2.75) is 6.18 Å². The number of nitrogens with one attached hydrogen (secondary N) is 1. The Hall–Kier alpha value is -2.08. The number of para-hydroxylation sites is 1. The molecule has 102 valence electrons. The molecule has 3 rings (SSSR count). The van der Waals surface area contributed by atoms with Crippen LogP contribution in [-0.4, -0.2) is 15.0 Å². The summed E-state index contributed by atoms with van der Waals surface area (Å²) in [5.41, 5.74) is -0.0656. The summed E-state index contributed by atoms with van der Waals surface area (Å²) in [4.78, 5) is 10.1. The third-order valence-electron chi connectivity index (χ3n) is 2.91. The standard InChI is InChI=1S/C13H7ClF3N3/c14-12-19-6-9(13(15,16)17)11(20-12)8-5-18-10-4-2-1-3-7(8)10/h1-6,18H. The molecular formula is C13H7ClF3N3. The number of H-pyrrole nitrogens is 1. The van der Waals surface area contributed by atoms with Gasteiger partial charge in [0.15, 0.2) is 0 Å². The quantitative estimate of drug-likeness (QED) is 0.681. The zero-order chi connectivity index (χ0) is 14.3. The third kappa shape index (κ3) is 2.12. The molecule has 0 radical (unpaired) electrons. The van der Waals surface area contributed by atoms with Crippen LogP contribution < -0.4 is 0 Å². The van der Waals surface area contributed by atoms with Crippen LogP contribution in [-0.2, 0) is 6.18 Å². The predicted octanol–water partition coefficient (Wildman–Crippen LogP) is 4.30. The number of hydrogen-bond donors (Lipinski definition) is 1. The van der Waals surface area contributed by atoms with Crippen molar-refractivity contribution in [3.63, 3.8) is 0 Å². The van der Waals surface area contributed by atoms with Gasteiger partial charge in [0, 0.05) is 28.9 Å². The first kappa shape index (κ1) is 12.9. The Morgan fingerprint density at radius 3 is 2.65 bits per heavy atom. The number of benzene rings is 1. The van der Waals surface area contributed by atoms with Crippen molar-refractivity contribution in [1.29, 1.82) is 0 Å². The molecule has 0 fully saturated rings. The van der Waals surface area contributed by atoms with Gasteiger partial charge in [0.25, 0.3) is 0 Å². The Kier molecular flexibility index (Phi) is 2.90. The summed E-state index contributed by atoms with van der Waals surface area (Å²) in [6.45, 7) is 0. The lowest BCUT2D eigenvalue weighted by molar-refractivity contribution is -0.137. The summed E-state index contributed by atoms with van der Waals surface area (Å²) in [5.74, 6) is 0. The highest BCUT2D eigenvalue weighted by atomic mass is 35.5. The van der Waals surface area contributed by atoms with Gasteiger partial charge in [0.2, 0.25) is 5.28 Å². The van der Waals surface area contributed by atoms with Gasteiger partial charge >= 0.3 is 6.18 Å². The fourth-order valence-corrected chi connectivity index (χ4v) is 2.17. The van der Waals surface area contributed by atoms with Crippen molar-refractivity contribution in [2.75, 3.05) is 0 Å². The molecule has 0 aliphatic heterocycles. The molecule has 0 atom stereocenters. The highest BCUT2D eigenvalue weighted by molar-refractivity contribution is 6.28. The highest BCUT2D eigenvalue weighted by Crippen LogP contribution is 2.38. The van der Waals surface area contributed by atoms with E-state index in [0.29, 0.717) is 17.1 Å². The van der Waals surface area contributed by atoms with Crippen molar-refractivity contribution < 1.29 is 13.2 Å². The van der Waals surface area contributed by atoms with Gasteiger partial charge in [-0.15, -0.1) is 0 Å². The molecule has 0 aliphatic carbocycles. The summed E-state index contributed by atoms with van der Waals surface area (Å²) in [7, 11) is 0. The first-order valence-electron chi connectivity index (χ1n) is 5.63. The maximum atomic E-state index is 13.0. The van der Waals surface area contributed by atoms with Crippen LogP contribution >= 0.6 is 11.6 Å². The van der Waals surface area contributed by atoms with Crippen LogP contribution in [0.5, 0.6) is 0 Å². The molecule has 2 aromatic heterocycles. The maximum absolute atomic E-state index is 13.0. The number of alkyl halides is 3. The van der Waals surface area contributed by atoms with Gasteiger partial charge < -0.3 is 4.98 Å². The van der Waals surface area contributed by atoms with E-state index in [1.807, 2.05) is 0 Å². The fourth-order valence-electron chi connectivity index (χ4n) is 2.04. The van der Waals surface area contributed by atoms with Crippen LogP contribution in [0, 0.1) is 0 Å². The van der Waals surface area contributed by atoms with E-state index in [2.05, 4.69) is 15.0 Å². The molecule has 20 heavy (non-hydrogen) atoms. The highest BCUT2D eigenvalue weighted by Gasteiger charge is 2.35. The van der Waals surface area contributed by atoms with E-state index >= 15 is 0 Å². The molecule has 0 bridgehead atoms. The summed E-state index contributed by atoms with van der Waals surface area (Å²) < 4.78 is 39.1. The Morgan fingerprint density at radius 1 is 1.15 bits per heavy atom. The SMILES string of the molecule is FC(F)(F)c1cnc(Cl)nc1-c1c[nH]c2ccccc12. The van der Waals surface area contributed by atoms with E-state index < -0.39 is 11.7 Å². The molecular weight excluding hydrogens is 291 g/mol. The summed E-state index contributed by atoms with van der Waals surface area (Å²) in [5, 5.41) is 0.422. The third-order valence-corrected chi connectivity index (χ3v) is 3.09. The minimum absolute atomic E-state index is 0.224. The number of hydrogen-bond acceptors (Lipinski definition) is 2. The second-order valence-electron chi connectivity index (χ2n) is 4.15. The number of halogens is 4. The molecule has 0 saturated carbocycles. The van der Waals surface area contributed by atoms with E-state index in [9.17, 15) is 13.2 Å². The molecule has 1 aromatic carbocycles. The van der Waals surface area contributed by atoms with Crippen LogP contribution in [0.4, 0.5) is 13.2 Å². The first-order chi connectivity index (χ1) is 9.47. The van der Waals surface area contributed by atoms with Crippen LogP contribution in [0.25, 0.3) is 22.2 Å². The minimum Gasteiger partial charge on any atom is -0.360 e. The number of rotatable bonds is 1. The molecule has 3 nitrogen and oxygen atoms in total. The summed E-state index contributed by atoms with van der Waals surface area (Å²) >= 11 is 5.64. The zero-order valence-electron chi connectivity index (χ0n) is 9.87. The second-order valence-corrected chi connectivity index (χ2v) is 4.49. The van der Waals surface area contributed by atoms with Crippen LogP contribution in [0.3, 0.4) is 0 Å². The topological polar surface area (TPSA) is 41.6 Å². The normalized spacial score (nSPS) is 12.0. The van der Waals surface area contributed by atoms with E-state index in [1.54, 1.807) is 24.3 Å². The van der Waals surface area contributed by atoms with E-state index in [1.165, 1.54) is 6.20 Å². The van der Waals surface area contributed by atoms with Crippen molar-refractivity contribution in [3.8, 4) is 11.3 Å². The molecule has 3 aromatic rings. The largest absolute Gasteiger partial charge is 0.419 e. The van der Waals surface area contributed by atoms with Gasteiger partial charge in [0.05, 0.1) is 5.69 Å². The van der Waals surface area contributed by atoms with Gasteiger partial charge in [-0.2, -0.15) is 13.2 Å².